The second-order valence-corrected chi connectivity index (χ2v) is 10.6. The number of carbonyl (C=O) groups excluding carboxylic acids is 1. The predicted octanol–water partition coefficient (Wildman–Crippen LogP) is 4.54. The summed E-state index contributed by atoms with van der Waals surface area (Å²) in [7, 11) is 3.59. The van der Waals surface area contributed by atoms with E-state index in [9.17, 15) is 4.79 Å². The van der Waals surface area contributed by atoms with E-state index in [0.29, 0.717) is 23.3 Å². The largest absolute Gasteiger partial charge is 0.495 e. The van der Waals surface area contributed by atoms with Gasteiger partial charge in [0.05, 0.1) is 19.0 Å². The van der Waals surface area contributed by atoms with Crippen molar-refractivity contribution in [3.8, 4) is 16.9 Å². The Morgan fingerprint density at radius 2 is 1.68 bits per heavy atom. The van der Waals surface area contributed by atoms with E-state index in [1.54, 1.807) is 7.11 Å². The normalized spacial score (nSPS) is 18.3. The molecular weight excluding hydrogens is 430 g/mol. The zero-order chi connectivity index (χ0) is 24.5. The molecule has 1 amide bonds. The van der Waals surface area contributed by atoms with Gasteiger partial charge in [-0.15, -0.1) is 0 Å². The fourth-order valence-electron chi connectivity index (χ4n) is 5.31. The molecule has 4 rings (SSSR count). The maximum absolute atomic E-state index is 12.4. The molecule has 2 N–H and O–H groups in total. The summed E-state index contributed by atoms with van der Waals surface area (Å²) in [5.74, 6) is 2.06. The van der Waals surface area contributed by atoms with Gasteiger partial charge in [-0.2, -0.15) is 5.10 Å². The number of nitrogen functional groups attached to an aromatic ring is 1. The van der Waals surface area contributed by atoms with Crippen LogP contribution in [0.4, 0.5) is 16.2 Å². The average Bonchev–Trinajstić information content (AvgIpc) is 3.24. The van der Waals surface area contributed by atoms with E-state index < -0.39 is 5.60 Å². The zero-order valence-corrected chi connectivity index (χ0v) is 21.2. The number of piperidine rings is 2. The standard InChI is InChI=1S/C26H39N5O3/c1-26(2,3)34-25(32)31-12-8-19(9-13-31)18-6-10-30(11-7-18)23-15-24(33-5)22(27)14-21(23)20-16-28-29(4)17-20/h14-19H,6-13,27H2,1-5H3. The Bertz CT molecular complexity index is 996. The molecule has 0 atom stereocenters. The lowest BCUT2D eigenvalue weighted by atomic mass is 9.78. The summed E-state index contributed by atoms with van der Waals surface area (Å²) in [6.45, 7) is 9.33. The molecule has 2 saturated heterocycles. The fraction of sp³-hybridized carbons (Fsp3) is 0.615. The number of methoxy groups -OCH3 is 1. The van der Waals surface area contributed by atoms with Gasteiger partial charge in [0.15, 0.2) is 0 Å². The quantitative estimate of drug-likeness (QED) is 0.662. The number of nitrogens with zero attached hydrogens (tertiary/aromatic N) is 4. The van der Waals surface area contributed by atoms with Crippen molar-refractivity contribution in [3.05, 3.63) is 24.5 Å². The first kappa shape index (κ1) is 24.2. The topological polar surface area (TPSA) is 85.9 Å². The molecule has 1 aromatic carbocycles. The minimum absolute atomic E-state index is 0.180. The van der Waals surface area contributed by atoms with Crippen LogP contribution in [0.5, 0.6) is 5.75 Å². The lowest BCUT2D eigenvalue weighted by molar-refractivity contribution is 0.0152. The monoisotopic (exact) mass is 469 g/mol. The average molecular weight is 470 g/mol. The molecule has 34 heavy (non-hydrogen) atoms. The lowest BCUT2D eigenvalue weighted by Crippen LogP contribution is -2.44. The number of ether oxygens (including phenoxy) is 2. The number of anilines is 2. The summed E-state index contributed by atoms with van der Waals surface area (Å²) >= 11 is 0. The number of rotatable bonds is 4. The maximum atomic E-state index is 12.4. The Labute approximate surface area is 203 Å². The van der Waals surface area contributed by atoms with E-state index >= 15 is 0 Å². The summed E-state index contributed by atoms with van der Waals surface area (Å²) in [4.78, 5) is 16.7. The van der Waals surface area contributed by atoms with Gasteiger partial charge in [-0.25, -0.2) is 4.79 Å². The predicted molar refractivity (Wildman–Crippen MR) is 135 cm³/mol. The third-order valence-corrected chi connectivity index (χ3v) is 7.10. The first-order chi connectivity index (χ1) is 16.1. The molecule has 0 saturated carbocycles. The number of benzene rings is 1. The molecule has 2 aliphatic rings. The molecule has 8 nitrogen and oxygen atoms in total. The van der Waals surface area contributed by atoms with Gasteiger partial charge in [-0.1, -0.05) is 0 Å². The van der Waals surface area contributed by atoms with Gasteiger partial charge < -0.3 is 25.0 Å². The number of likely N-dealkylation sites (tertiary alicyclic amines) is 1. The van der Waals surface area contributed by atoms with E-state index in [1.807, 2.05) is 55.9 Å². The zero-order valence-electron chi connectivity index (χ0n) is 21.2. The summed E-state index contributed by atoms with van der Waals surface area (Å²) in [5.41, 5.74) is 9.75. The van der Waals surface area contributed by atoms with Crippen LogP contribution in [0.1, 0.15) is 46.5 Å². The van der Waals surface area contributed by atoms with Crippen LogP contribution in [0.25, 0.3) is 11.1 Å². The Balaban J connectivity index is 1.39. The number of amides is 1. The minimum Gasteiger partial charge on any atom is -0.495 e. The van der Waals surface area contributed by atoms with Crippen molar-refractivity contribution < 1.29 is 14.3 Å². The molecular formula is C26H39N5O3. The first-order valence-electron chi connectivity index (χ1n) is 12.3. The van der Waals surface area contributed by atoms with Gasteiger partial charge in [-0.05, 0) is 64.4 Å². The number of hydrogen-bond acceptors (Lipinski definition) is 6. The molecule has 0 unspecified atom stereocenters. The molecule has 0 aliphatic carbocycles. The van der Waals surface area contributed by atoms with Crippen LogP contribution in [0.15, 0.2) is 24.5 Å². The number of hydrogen-bond donors (Lipinski definition) is 1. The smallest absolute Gasteiger partial charge is 0.410 e. The Kier molecular flexibility index (Phi) is 6.96. The molecule has 2 fully saturated rings. The van der Waals surface area contributed by atoms with E-state index in [2.05, 4.69) is 16.1 Å². The Hall–Kier alpha value is -2.90. The van der Waals surface area contributed by atoms with Crippen LogP contribution in [0.3, 0.4) is 0 Å². The van der Waals surface area contributed by atoms with Crippen molar-refractivity contribution in [1.29, 1.82) is 0 Å². The number of aromatic nitrogens is 2. The molecule has 2 aliphatic heterocycles. The molecule has 0 bridgehead atoms. The number of nitrogens with two attached hydrogens (primary N) is 1. The Morgan fingerprint density at radius 3 is 2.21 bits per heavy atom. The highest BCUT2D eigenvalue weighted by atomic mass is 16.6. The molecule has 2 aromatic rings. The summed E-state index contributed by atoms with van der Waals surface area (Å²) in [5, 5.41) is 4.35. The van der Waals surface area contributed by atoms with Crippen molar-refractivity contribution in [2.75, 3.05) is 43.9 Å². The number of aryl methyl sites for hydroxylation is 1. The van der Waals surface area contributed by atoms with Crippen molar-refractivity contribution in [2.45, 2.75) is 52.1 Å². The van der Waals surface area contributed by atoms with Gasteiger partial charge >= 0.3 is 6.09 Å². The second kappa shape index (κ2) is 9.76. The van der Waals surface area contributed by atoms with Crippen molar-refractivity contribution in [1.82, 2.24) is 14.7 Å². The number of carbonyl (C=O) groups is 1. The van der Waals surface area contributed by atoms with E-state index in [0.717, 1.165) is 68.7 Å². The van der Waals surface area contributed by atoms with Crippen molar-refractivity contribution >= 4 is 17.5 Å². The van der Waals surface area contributed by atoms with Crippen molar-refractivity contribution in [3.63, 3.8) is 0 Å². The summed E-state index contributed by atoms with van der Waals surface area (Å²) in [6, 6.07) is 4.07. The van der Waals surface area contributed by atoms with Gasteiger partial charge in [0.1, 0.15) is 11.4 Å². The highest BCUT2D eigenvalue weighted by molar-refractivity contribution is 5.83. The summed E-state index contributed by atoms with van der Waals surface area (Å²) in [6.07, 6.45) is 8.14. The maximum Gasteiger partial charge on any atom is 0.410 e. The minimum atomic E-state index is -0.444. The molecule has 3 heterocycles. The van der Waals surface area contributed by atoms with Gasteiger partial charge in [0.2, 0.25) is 0 Å². The van der Waals surface area contributed by atoms with E-state index in [-0.39, 0.29) is 6.09 Å². The molecule has 8 heteroatoms. The van der Waals surface area contributed by atoms with Crippen LogP contribution in [0.2, 0.25) is 0 Å². The molecule has 0 spiro atoms. The van der Waals surface area contributed by atoms with Gasteiger partial charge in [-0.3, -0.25) is 4.68 Å². The third kappa shape index (κ3) is 5.42. The lowest BCUT2D eigenvalue weighted by Gasteiger charge is -2.41. The SMILES string of the molecule is COc1cc(N2CCC(C3CCN(C(=O)OC(C)(C)C)CC3)CC2)c(-c2cnn(C)c2)cc1N. The second-order valence-electron chi connectivity index (χ2n) is 10.6. The third-order valence-electron chi connectivity index (χ3n) is 7.10. The van der Waals surface area contributed by atoms with Crippen LogP contribution >= 0.6 is 0 Å². The Morgan fingerprint density at radius 1 is 1.06 bits per heavy atom. The van der Waals surface area contributed by atoms with E-state index in [1.165, 1.54) is 0 Å². The van der Waals surface area contributed by atoms with Crippen LogP contribution < -0.4 is 15.4 Å². The van der Waals surface area contributed by atoms with Crippen LogP contribution in [-0.2, 0) is 11.8 Å². The van der Waals surface area contributed by atoms with Gasteiger partial charge in [0, 0.05) is 62.3 Å². The fourth-order valence-corrected chi connectivity index (χ4v) is 5.31. The van der Waals surface area contributed by atoms with Gasteiger partial charge in [0.25, 0.3) is 0 Å². The summed E-state index contributed by atoms with van der Waals surface area (Å²) < 4.78 is 12.9. The highest BCUT2D eigenvalue weighted by Gasteiger charge is 2.33. The van der Waals surface area contributed by atoms with Crippen LogP contribution in [-0.4, -0.2) is 59.7 Å². The highest BCUT2D eigenvalue weighted by Crippen LogP contribution is 2.41. The van der Waals surface area contributed by atoms with Crippen LogP contribution in [0, 0.1) is 11.8 Å². The molecule has 0 radical (unpaired) electrons. The molecule has 186 valence electrons. The van der Waals surface area contributed by atoms with E-state index in [4.69, 9.17) is 15.2 Å². The van der Waals surface area contributed by atoms with Crippen molar-refractivity contribution in [2.24, 2.45) is 18.9 Å². The first-order valence-corrected chi connectivity index (χ1v) is 12.3. The molecule has 1 aromatic heterocycles.